The minimum Gasteiger partial charge on any atom is -0.304 e. The molecule has 0 N–H and O–H groups in total. The number of hydrogen-bond acceptors (Lipinski definition) is 1. The third-order valence-corrected chi connectivity index (χ3v) is 2.53. The third kappa shape index (κ3) is 8.29. The highest BCUT2D eigenvalue weighted by atomic mass is 15.1. The molecular formula is C12H27N. The zero-order valence-electron chi connectivity index (χ0n) is 9.97. The lowest BCUT2D eigenvalue weighted by Gasteiger charge is -2.20. The summed E-state index contributed by atoms with van der Waals surface area (Å²) in [5.74, 6) is 0.866. The Morgan fingerprint density at radius 3 is 2.08 bits per heavy atom. The smallest absolute Gasteiger partial charge is 0.00188 e. The average molecular weight is 185 g/mol. The quantitative estimate of drug-likeness (QED) is 0.559. The Bertz CT molecular complexity index is 99.3. The maximum atomic E-state index is 2.58. The molecule has 0 aliphatic heterocycles. The lowest BCUT2D eigenvalue weighted by atomic mass is 10.1. The van der Waals surface area contributed by atoms with Crippen molar-refractivity contribution in [3.8, 4) is 0 Å². The van der Waals surface area contributed by atoms with Crippen LogP contribution in [0.15, 0.2) is 0 Å². The van der Waals surface area contributed by atoms with E-state index in [0.29, 0.717) is 0 Å². The molecule has 0 unspecified atom stereocenters. The summed E-state index contributed by atoms with van der Waals surface area (Å²) in [4.78, 5) is 2.58. The molecule has 0 amide bonds. The number of unbranched alkanes of at least 4 members (excludes halogenated alkanes) is 1. The van der Waals surface area contributed by atoms with Crippen molar-refractivity contribution in [3.05, 3.63) is 0 Å². The highest BCUT2D eigenvalue weighted by Crippen LogP contribution is 2.05. The van der Waals surface area contributed by atoms with Crippen LogP contribution in [0.1, 0.15) is 53.4 Å². The zero-order valence-corrected chi connectivity index (χ0v) is 9.97. The predicted molar refractivity (Wildman–Crippen MR) is 61.1 cm³/mol. The number of hydrogen-bond donors (Lipinski definition) is 0. The van der Waals surface area contributed by atoms with E-state index in [9.17, 15) is 0 Å². The molecule has 0 saturated heterocycles. The summed E-state index contributed by atoms with van der Waals surface area (Å²) >= 11 is 0. The molecule has 0 aromatic carbocycles. The number of rotatable bonds is 8. The Labute approximate surface area is 84.5 Å². The van der Waals surface area contributed by atoms with Gasteiger partial charge in [-0.3, -0.25) is 0 Å². The van der Waals surface area contributed by atoms with Crippen LogP contribution in [-0.2, 0) is 0 Å². The van der Waals surface area contributed by atoms with Crippen molar-refractivity contribution >= 4 is 0 Å². The molecule has 0 atom stereocenters. The highest BCUT2D eigenvalue weighted by Gasteiger charge is 2.01. The van der Waals surface area contributed by atoms with Gasteiger partial charge < -0.3 is 4.90 Å². The molecule has 1 heteroatoms. The summed E-state index contributed by atoms with van der Waals surface area (Å²) in [5, 5.41) is 0. The third-order valence-electron chi connectivity index (χ3n) is 2.53. The molecule has 0 aromatic rings. The minimum absolute atomic E-state index is 0.866. The molecular weight excluding hydrogens is 158 g/mol. The van der Waals surface area contributed by atoms with Gasteiger partial charge in [0.25, 0.3) is 0 Å². The van der Waals surface area contributed by atoms with Gasteiger partial charge in [0, 0.05) is 0 Å². The summed E-state index contributed by atoms with van der Waals surface area (Å²) in [6.07, 6.45) is 5.42. The summed E-state index contributed by atoms with van der Waals surface area (Å²) in [6.45, 7) is 13.0. The van der Waals surface area contributed by atoms with Gasteiger partial charge in [-0.2, -0.15) is 0 Å². The zero-order chi connectivity index (χ0) is 10.1. The van der Waals surface area contributed by atoms with E-state index in [2.05, 4.69) is 32.6 Å². The predicted octanol–water partition coefficient (Wildman–Crippen LogP) is 3.54. The molecule has 0 bridgehead atoms. The second-order valence-electron chi connectivity index (χ2n) is 4.32. The Morgan fingerprint density at radius 2 is 1.62 bits per heavy atom. The van der Waals surface area contributed by atoms with Crippen LogP contribution in [0.2, 0.25) is 0 Å². The molecule has 0 aliphatic rings. The van der Waals surface area contributed by atoms with Gasteiger partial charge in [0.1, 0.15) is 0 Å². The van der Waals surface area contributed by atoms with Crippen molar-refractivity contribution in [2.24, 2.45) is 5.92 Å². The normalized spacial score (nSPS) is 11.5. The van der Waals surface area contributed by atoms with Crippen molar-refractivity contribution in [3.63, 3.8) is 0 Å². The second kappa shape index (κ2) is 8.55. The molecule has 0 saturated carbocycles. The van der Waals surface area contributed by atoms with Crippen molar-refractivity contribution in [1.82, 2.24) is 4.90 Å². The maximum absolute atomic E-state index is 2.58. The molecule has 13 heavy (non-hydrogen) atoms. The van der Waals surface area contributed by atoms with Crippen molar-refractivity contribution < 1.29 is 0 Å². The molecule has 0 rings (SSSR count). The molecule has 0 aromatic heterocycles. The minimum atomic E-state index is 0.866. The van der Waals surface area contributed by atoms with Crippen LogP contribution < -0.4 is 0 Å². The van der Waals surface area contributed by atoms with Gasteiger partial charge in [-0.05, 0) is 44.8 Å². The van der Waals surface area contributed by atoms with E-state index in [1.54, 1.807) is 0 Å². The van der Waals surface area contributed by atoms with Gasteiger partial charge in [-0.1, -0.05) is 34.1 Å². The first-order valence-corrected chi connectivity index (χ1v) is 5.93. The fourth-order valence-corrected chi connectivity index (χ4v) is 1.53. The van der Waals surface area contributed by atoms with E-state index >= 15 is 0 Å². The van der Waals surface area contributed by atoms with E-state index in [4.69, 9.17) is 0 Å². The molecule has 80 valence electrons. The van der Waals surface area contributed by atoms with Crippen molar-refractivity contribution in [1.29, 1.82) is 0 Å². The molecule has 0 fully saturated rings. The van der Waals surface area contributed by atoms with Crippen LogP contribution in [0.4, 0.5) is 0 Å². The molecule has 0 spiro atoms. The fourth-order valence-electron chi connectivity index (χ4n) is 1.53. The van der Waals surface area contributed by atoms with E-state index in [0.717, 1.165) is 5.92 Å². The first-order valence-electron chi connectivity index (χ1n) is 5.93. The van der Waals surface area contributed by atoms with E-state index in [-0.39, 0.29) is 0 Å². The standard InChI is InChI=1S/C12H27N/c1-5-7-10-13(6-2)11-8-9-12(3)4/h12H,5-11H2,1-4H3. The van der Waals surface area contributed by atoms with Crippen LogP contribution in [0.3, 0.4) is 0 Å². The van der Waals surface area contributed by atoms with E-state index in [1.165, 1.54) is 45.3 Å². The molecule has 0 heterocycles. The molecule has 0 radical (unpaired) electrons. The van der Waals surface area contributed by atoms with E-state index < -0.39 is 0 Å². The summed E-state index contributed by atoms with van der Waals surface area (Å²) < 4.78 is 0. The topological polar surface area (TPSA) is 3.24 Å². The van der Waals surface area contributed by atoms with Crippen LogP contribution >= 0.6 is 0 Å². The maximum Gasteiger partial charge on any atom is -0.00188 e. The van der Waals surface area contributed by atoms with Gasteiger partial charge in [0.2, 0.25) is 0 Å². The highest BCUT2D eigenvalue weighted by molar-refractivity contribution is 4.56. The fraction of sp³-hybridized carbons (Fsp3) is 1.00. The van der Waals surface area contributed by atoms with Crippen LogP contribution in [0.25, 0.3) is 0 Å². The van der Waals surface area contributed by atoms with Crippen LogP contribution in [0, 0.1) is 5.92 Å². The van der Waals surface area contributed by atoms with Crippen LogP contribution in [-0.4, -0.2) is 24.5 Å². The second-order valence-corrected chi connectivity index (χ2v) is 4.32. The van der Waals surface area contributed by atoms with Gasteiger partial charge in [-0.25, -0.2) is 0 Å². The van der Waals surface area contributed by atoms with Gasteiger partial charge in [-0.15, -0.1) is 0 Å². The van der Waals surface area contributed by atoms with E-state index in [1.807, 2.05) is 0 Å². The van der Waals surface area contributed by atoms with Gasteiger partial charge in [0.05, 0.1) is 0 Å². The lowest BCUT2D eigenvalue weighted by molar-refractivity contribution is 0.272. The average Bonchev–Trinajstić information content (AvgIpc) is 2.10. The first-order chi connectivity index (χ1) is 6.20. The Hall–Kier alpha value is -0.0400. The SMILES string of the molecule is CCCCN(CC)CCCC(C)C. The Morgan fingerprint density at radius 1 is 1.00 bits per heavy atom. The summed E-state index contributed by atoms with van der Waals surface area (Å²) in [6, 6.07) is 0. The van der Waals surface area contributed by atoms with Crippen molar-refractivity contribution in [2.45, 2.75) is 53.4 Å². The largest absolute Gasteiger partial charge is 0.304 e. The van der Waals surface area contributed by atoms with Gasteiger partial charge in [0.15, 0.2) is 0 Å². The lowest BCUT2D eigenvalue weighted by Crippen LogP contribution is -2.25. The Balaban J connectivity index is 3.36. The summed E-state index contributed by atoms with van der Waals surface area (Å²) in [7, 11) is 0. The molecule has 0 aliphatic carbocycles. The Kier molecular flexibility index (Phi) is 8.53. The molecule has 1 nitrogen and oxygen atoms in total. The van der Waals surface area contributed by atoms with Crippen LogP contribution in [0.5, 0.6) is 0 Å². The summed E-state index contributed by atoms with van der Waals surface area (Å²) in [5.41, 5.74) is 0. The van der Waals surface area contributed by atoms with Crippen molar-refractivity contribution in [2.75, 3.05) is 19.6 Å². The first kappa shape index (κ1) is 13.0. The van der Waals surface area contributed by atoms with Gasteiger partial charge >= 0.3 is 0 Å². The monoisotopic (exact) mass is 185 g/mol. The number of nitrogens with zero attached hydrogens (tertiary/aromatic N) is 1.